The first-order chi connectivity index (χ1) is 7.35. The third-order valence-corrected chi connectivity index (χ3v) is 3.86. The Balaban J connectivity index is 1.63. The van der Waals surface area contributed by atoms with Crippen LogP contribution < -0.4 is 10.6 Å². The van der Waals surface area contributed by atoms with Gasteiger partial charge in [-0.25, -0.2) is 0 Å². The number of hydrogen-bond donors (Lipinski definition) is 2. The van der Waals surface area contributed by atoms with E-state index in [0.717, 1.165) is 26.2 Å². The van der Waals surface area contributed by atoms with Crippen molar-refractivity contribution in [2.45, 2.75) is 38.2 Å². The Labute approximate surface area is 93.0 Å². The first kappa shape index (κ1) is 11.4. The molecule has 2 fully saturated rings. The summed E-state index contributed by atoms with van der Waals surface area (Å²) < 4.78 is 5.60. The second-order valence-electron chi connectivity index (χ2n) is 5.15. The van der Waals surface area contributed by atoms with Crippen LogP contribution in [0.1, 0.15) is 32.1 Å². The minimum Gasteiger partial charge on any atom is -0.377 e. The van der Waals surface area contributed by atoms with Gasteiger partial charge in [-0.05, 0) is 38.1 Å². The molecule has 0 aromatic rings. The lowest BCUT2D eigenvalue weighted by atomic mass is 9.68. The molecule has 2 aliphatic rings. The van der Waals surface area contributed by atoms with Gasteiger partial charge in [0.1, 0.15) is 0 Å². The first-order valence-corrected chi connectivity index (χ1v) is 6.32. The van der Waals surface area contributed by atoms with Crippen LogP contribution in [0.2, 0.25) is 0 Å². The largest absolute Gasteiger partial charge is 0.377 e. The fourth-order valence-electron chi connectivity index (χ4n) is 2.77. The van der Waals surface area contributed by atoms with Crippen LogP contribution in [0.5, 0.6) is 0 Å². The zero-order valence-corrected chi connectivity index (χ0v) is 9.85. The molecule has 0 spiro atoms. The second kappa shape index (κ2) is 5.28. The van der Waals surface area contributed by atoms with Crippen LogP contribution in [0, 0.1) is 5.41 Å². The van der Waals surface area contributed by atoms with Crippen molar-refractivity contribution in [1.82, 2.24) is 10.6 Å². The lowest BCUT2D eigenvalue weighted by Gasteiger charge is -2.42. The molecule has 88 valence electrons. The molecule has 1 aliphatic heterocycles. The Kier molecular flexibility index (Phi) is 4.00. The lowest BCUT2D eigenvalue weighted by molar-refractivity contribution is 0.0923. The van der Waals surface area contributed by atoms with E-state index < -0.39 is 0 Å². The zero-order valence-electron chi connectivity index (χ0n) is 9.85. The third-order valence-electron chi connectivity index (χ3n) is 3.86. The molecule has 1 heterocycles. The summed E-state index contributed by atoms with van der Waals surface area (Å²) in [5.41, 5.74) is 0.549. The second-order valence-corrected chi connectivity index (χ2v) is 5.15. The monoisotopic (exact) mass is 212 g/mol. The minimum absolute atomic E-state index is 0.483. The van der Waals surface area contributed by atoms with Crippen molar-refractivity contribution in [3.05, 3.63) is 0 Å². The molecule has 1 saturated carbocycles. The van der Waals surface area contributed by atoms with Crippen LogP contribution in [0.25, 0.3) is 0 Å². The highest BCUT2D eigenvalue weighted by Gasteiger charge is 2.35. The highest BCUT2D eigenvalue weighted by Crippen LogP contribution is 2.39. The number of nitrogens with one attached hydrogen (secondary N) is 2. The van der Waals surface area contributed by atoms with Crippen molar-refractivity contribution in [3.8, 4) is 0 Å². The highest BCUT2D eigenvalue weighted by atomic mass is 16.5. The quantitative estimate of drug-likeness (QED) is 0.693. The zero-order chi connectivity index (χ0) is 10.6. The molecule has 1 saturated heterocycles. The van der Waals surface area contributed by atoms with Gasteiger partial charge in [-0.1, -0.05) is 6.42 Å². The molecule has 0 radical (unpaired) electrons. The van der Waals surface area contributed by atoms with Gasteiger partial charge in [0, 0.05) is 26.2 Å². The first-order valence-electron chi connectivity index (χ1n) is 6.32. The summed E-state index contributed by atoms with van der Waals surface area (Å²) in [7, 11) is 2.06. The predicted octanol–water partition coefficient (Wildman–Crippen LogP) is 1.14. The molecule has 15 heavy (non-hydrogen) atoms. The summed E-state index contributed by atoms with van der Waals surface area (Å²) in [5, 5.41) is 6.91. The maximum absolute atomic E-state index is 5.60. The Morgan fingerprint density at radius 3 is 2.67 bits per heavy atom. The molecule has 1 atom stereocenters. The van der Waals surface area contributed by atoms with Crippen LogP contribution in [-0.4, -0.2) is 39.4 Å². The average Bonchev–Trinajstić information content (AvgIpc) is 2.67. The number of rotatable bonds is 6. The van der Waals surface area contributed by atoms with Gasteiger partial charge in [0.25, 0.3) is 0 Å². The Hall–Kier alpha value is -0.120. The van der Waals surface area contributed by atoms with E-state index in [4.69, 9.17) is 4.74 Å². The molecule has 0 bridgehead atoms. The summed E-state index contributed by atoms with van der Waals surface area (Å²) in [6.07, 6.45) is 7.14. The van der Waals surface area contributed by atoms with Gasteiger partial charge >= 0.3 is 0 Å². The number of ether oxygens (including phenoxy) is 1. The van der Waals surface area contributed by atoms with Gasteiger partial charge in [0.05, 0.1) is 6.10 Å². The van der Waals surface area contributed by atoms with Crippen molar-refractivity contribution in [2.75, 3.05) is 33.3 Å². The van der Waals surface area contributed by atoms with Gasteiger partial charge in [-0.15, -0.1) is 0 Å². The van der Waals surface area contributed by atoms with Crippen molar-refractivity contribution in [3.63, 3.8) is 0 Å². The van der Waals surface area contributed by atoms with E-state index in [-0.39, 0.29) is 0 Å². The molecule has 3 heteroatoms. The Bertz CT molecular complexity index is 186. The van der Waals surface area contributed by atoms with Crippen LogP contribution in [0.4, 0.5) is 0 Å². The summed E-state index contributed by atoms with van der Waals surface area (Å²) >= 11 is 0. The van der Waals surface area contributed by atoms with Gasteiger partial charge in [-0.3, -0.25) is 0 Å². The van der Waals surface area contributed by atoms with E-state index in [1.54, 1.807) is 0 Å². The molecular formula is C12H24N2O. The maximum atomic E-state index is 5.60. The van der Waals surface area contributed by atoms with Gasteiger partial charge < -0.3 is 15.4 Å². The summed E-state index contributed by atoms with van der Waals surface area (Å²) in [6, 6.07) is 0. The number of hydrogen-bond acceptors (Lipinski definition) is 3. The summed E-state index contributed by atoms with van der Waals surface area (Å²) in [5.74, 6) is 0. The predicted molar refractivity (Wildman–Crippen MR) is 62.1 cm³/mol. The lowest BCUT2D eigenvalue weighted by Crippen LogP contribution is -2.47. The van der Waals surface area contributed by atoms with Crippen molar-refractivity contribution in [2.24, 2.45) is 5.41 Å². The fourth-order valence-corrected chi connectivity index (χ4v) is 2.77. The normalized spacial score (nSPS) is 29.0. The molecular weight excluding hydrogens is 188 g/mol. The highest BCUT2D eigenvalue weighted by molar-refractivity contribution is 4.91. The van der Waals surface area contributed by atoms with Crippen LogP contribution in [-0.2, 0) is 4.74 Å². The van der Waals surface area contributed by atoms with Crippen molar-refractivity contribution >= 4 is 0 Å². The molecule has 0 amide bonds. The van der Waals surface area contributed by atoms with Crippen LogP contribution in [0.15, 0.2) is 0 Å². The van der Waals surface area contributed by atoms with Crippen LogP contribution >= 0.6 is 0 Å². The molecule has 1 aliphatic carbocycles. The van der Waals surface area contributed by atoms with E-state index in [1.165, 1.54) is 32.1 Å². The smallest absolute Gasteiger partial charge is 0.0700 e. The molecule has 2 rings (SSSR count). The van der Waals surface area contributed by atoms with E-state index in [2.05, 4.69) is 17.7 Å². The van der Waals surface area contributed by atoms with Crippen LogP contribution in [0.3, 0.4) is 0 Å². The SMILES string of the molecule is CNCC1(CNCC2CCCO2)CCC1. The van der Waals surface area contributed by atoms with E-state index in [1.807, 2.05) is 0 Å². The van der Waals surface area contributed by atoms with Crippen molar-refractivity contribution in [1.29, 1.82) is 0 Å². The minimum atomic E-state index is 0.483. The van der Waals surface area contributed by atoms with E-state index in [0.29, 0.717) is 11.5 Å². The third kappa shape index (κ3) is 2.92. The maximum Gasteiger partial charge on any atom is 0.0700 e. The van der Waals surface area contributed by atoms with Gasteiger partial charge in [0.2, 0.25) is 0 Å². The van der Waals surface area contributed by atoms with E-state index in [9.17, 15) is 0 Å². The van der Waals surface area contributed by atoms with E-state index >= 15 is 0 Å². The Morgan fingerprint density at radius 2 is 2.13 bits per heavy atom. The Morgan fingerprint density at radius 1 is 1.27 bits per heavy atom. The molecule has 1 unspecified atom stereocenters. The molecule has 2 N–H and O–H groups in total. The molecule has 0 aromatic carbocycles. The average molecular weight is 212 g/mol. The van der Waals surface area contributed by atoms with Gasteiger partial charge in [-0.2, -0.15) is 0 Å². The van der Waals surface area contributed by atoms with Crippen molar-refractivity contribution < 1.29 is 4.74 Å². The summed E-state index contributed by atoms with van der Waals surface area (Å²) in [4.78, 5) is 0. The fraction of sp³-hybridized carbons (Fsp3) is 1.00. The molecule has 3 nitrogen and oxygen atoms in total. The molecule has 0 aromatic heterocycles. The summed E-state index contributed by atoms with van der Waals surface area (Å²) in [6.45, 7) is 4.33. The topological polar surface area (TPSA) is 33.3 Å². The standard InChI is InChI=1S/C12H24N2O/c1-13-9-12(5-3-6-12)10-14-8-11-4-2-7-15-11/h11,13-14H,2-10H2,1H3. The van der Waals surface area contributed by atoms with Gasteiger partial charge in [0.15, 0.2) is 0 Å².